The third-order valence-electron chi connectivity index (χ3n) is 5.18. The fourth-order valence-corrected chi connectivity index (χ4v) is 4.39. The average molecular weight is 511 g/mol. The predicted molar refractivity (Wildman–Crippen MR) is 136 cm³/mol. The van der Waals surface area contributed by atoms with Crippen molar-refractivity contribution in [1.29, 1.82) is 0 Å². The molecule has 35 heavy (non-hydrogen) atoms. The van der Waals surface area contributed by atoms with Gasteiger partial charge in [0, 0.05) is 16.5 Å². The van der Waals surface area contributed by atoms with Crippen molar-refractivity contribution >= 4 is 29.3 Å². The fraction of sp³-hybridized carbons (Fsp3) is 0.192. The number of hydrogen-bond acceptors (Lipinski definition) is 5. The highest BCUT2D eigenvalue weighted by molar-refractivity contribution is 7.98. The van der Waals surface area contributed by atoms with Crippen LogP contribution in [0.2, 0.25) is 5.02 Å². The van der Waals surface area contributed by atoms with E-state index >= 15 is 0 Å². The normalized spacial score (nSPS) is 11.8. The van der Waals surface area contributed by atoms with Gasteiger partial charge in [0.25, 0.3) is 5.91 Å². The molecule has 0 spiro atoms. The number of halogens is 2. The summed E-state index contributed by atoms with van der Waals surface area (Å²) in [4.78, 5) is 12.5. The van der Waals surface area contributed by atoms with Crippen LogP contribution in [0, 0.1) is 12.7 Å². The summed E-state index contributed by atoms with van der Waals surface area (Å²) in [6.07, 6.45) is 0. The van der Waals surface area contributed by atoms with Crippen LogP contribution in [0.1, 0.15) is 29.9 Å². The number of hydrogen-bond donors (Lipinski definition) is 1. The topological polar surface area (TPSA) is 69.0 Å². The first kappa shape index (κ1) is 24.8. The molecule has 0 aliphatic rings. The quantitative estimate of drug-likeness (QED) is 0.283. The molecule has 0 fully saturated rings. The van der Waals surface area contributed by atoms with E-state index in [0.29, 0.717) is 27.5 Å². The number of benzene rings is 3. The standard InChI is InChI=1S/C26H24ClFN4O2S/c1-17-3-11-22(12-4-17)32-25(30-31-26(32)35-16-19-5-9-21(28)10-6-19)18(2)29-24(33)15-34-23-13-7-20(27)8-14-23/h3-14,18H,15-16H2,1-2H3,(H,29,33). The predicted octanol–water partition coefficient (Wildman–Crippen LogP) is 5.92. The number of carbonyl (C=O) groups is 1. The van der Waals surface area contributed by atoms with Gasteiger partial charge in [-0.2, -0.15) is 0 Å². The molecule has 1 amide bonds. The van der Waals surface area contributed by atoms with Gasteiger partial charge in [-0.05, 0) is 67.9 Å². The third-order valence-corrected chi connectivity index (χ3v) is 6.43. The van der Waals surface area contributed by atoms with Crippen molar-refractivity contribution in [2.45, 2.75) is 30.8 Å². The molecule has 4 aromatic rings. The molecule has 1 atom stereocenters. The Morgan fingerprint density at radius 3 is 2.43 bits per heavy atom. The molecule has 3 aromatic carbocycles. The van der Waals surface area contributed by atoms with Crippen molar-refractivity contribution in [3.63, 3.8) is 0 Å². The van der Waals surface area contributed by atoms with Gasteiger partial charge in [-0.1, -0.05) is 53.2 Å². The Labute approximate surface area is 212 Å². The van der Waals surface area contributed by atoms with Crippen LogP contribution in [0.4, 0.5) is 4.39 Å². The molecule has 1 unspecified atom stereocenters. The molecule has 0 bridgehead atoms. The number of aryl methyl sites for hydroxylation is 1. The van der Waals surface area contributed by atoms with Crippen LogP contribution in [0.15, 0.2) is 78.0 Å². The van der Waals surface area contributed by atoms with E-state index in [2.05, 4.69) is 15.5 Å². The van der Waals surface area contributed by atoms with Gasteiger partial charge in [0.1, 0.15) is 11.6 Å². The zero-order valence-corrected chi connectivity index (χ0v) is 20.8. The number of rotatable bonds is 9. The lowest BCUT2D eigenvalue weighted by molar-refractivity contribution is -0.123. The largest absolute Gasteiger partial charge is 0.484 e. The maximum atomic E-state index is 13.2. The monoisotopic (exact) mass is 510 g/mol. The second-order valence-electron chi connectivity index (χ2n) is 7.96. The molecule has 9 heteroatoms. The molecule has 180 valence electrons. The number of ether oxygens (including phenoxy) is 1. The number of amides is 1. The van der Waals surface area contributed by atoms with Gasteiger partial charge in [-0.25, -0.2) is 4.39 Å². The van der Waals surface area contributed by atoms with Crippen LogP contribution in [-0.4, -0.2) is 27.3 Å². The summed E-state index contributed by atoms with van der Waals surface area (Å²) in [7, 11) is 0. The summed E-state index contributed by atoms with van der Waals surface area (Å²) in [6.45, 7) is 3.73. The first-order valence-corrected chi connectivity index (χ1v) is 12.3. The SMILES string of the molecule is Cc1ccc(-n2c(SCc3ccc(F)cc3)nnc2C(C)NC(=O)COc2ccc(Cl)cc2)cc1. The molecular formula is C26H24ClFN4O2S. The first-order valence-electron chi connectivity index (χ1n) is 11.0. The minimum atomic E-state index is -0.426. The lowest BCUT2D eigenvalue weighted by atomic mass is 10.2. The fourth-order valence-electron chi connectivity index (χ4n) is 3.35. The molecule has 0 saturated heterocycles. The number of carbonyl (C=O) groups excluding carboxylic acids is 1. The average Bonchev–Trinajstić information content (AvgIpc) is 3.28. The Bertz CT molecular complexity index is 1280. The molecule has 0 radical (unpaired) electrons. The molecule has 6 nitrogen and oxygen atoms in total. The summed E-state index contributed by atoms with van der Waals surface area (Å²) < 4.78 is 20.7. The second-order valence-corrected chi connectivity index (χ2v) is 9.34. The van der Waals surface area contributed by atoms with E-state index < -0.39 is 6.04 Å². The van der Waals surface area contributed by atoms with Crippen molar-refractivity contribution in [3.8, 4) is 11.4 Å². The highest BCUT2D eigenvalue weighted by Gasteiger charge is 2.21. The van der Waals surface area contributed by atoms with Crippen LogP contribution < -0.4 is 10.1 Å². The van der Waals surface area contributed by atoms with Gasteiger partial charge in [-0.15, -0.1) is 10.2 Å². The lowest BCUT2D eigenvalue weighted by Gasteiger charge is -2.17. The van der Waals surface area contributed by atoms with Crippen molar-refractivity contribution in [1.82, 2.24) is 20.1 Å². The number of thioether (sulfide) groups is 1. The van der Waals surface area contributed by atoms with E-state index in [1.807, 2.05) is 42.7 Å². The van der Waals surface area contributed by atoms with Gasteiger partial charge < -0.3 is 10.1 Å². The van der Waals surface area contributed by atoms with Gasteiger partial charge in [0.2, 0.25) is 0 Å². The van der Waals surface area contributed by atoms with Crippen molar-refractivity contribution in [2.75, 3.05) is 6.61 Å². The molecule has 1 N–H and O–H groups in total. The van der Waals surface area contributed by atoms with Gasteiger partial charge >= 0.3 is 0 Å². The number of aromatic nitrogens is 3. The van der Waals surface area contributed by atoms with E-state index in [4.69, 9.17) is 16.3 Å². The Kier molecular flexibility index (Phi) is 8.05. The highest BCUT2D eigenvalue weighted by Crippen LogP contribution is 2.28. The summed E-state index contributed by atoms with van der Waals surface area (Å²) in [5.41, 5.74) is 2.98. The minimum absolute atomic E-state index is 0.142. The van der Waals surface area contributed by atoms with Crippen LogP contribution >= 0.6 is 23.4 Å². The maximum absolute atomic E-state index is 13.2. The summed E-state index contributed by atoms with van der Waals surface area (Å²) in [5, 5.41) is 13.0. The van der Waals surface area contributed by atoms with Crippen LogP contribution in [-0.2, 0) is 10.5 Å². The van der Waals surface area contributed by atoms with Crippen molar-refractivity contribution < 1.29 is 13.9 Å². The van der Waals surface area contributed by atoms with Crippen LogP contribution in [0.3, 0.4) is 0 Å². The van der Waals surface area contributed by atoms with Crippen molar-refractivity contribution in [2.24, 2.45) is 0 Å². The summed E-state index contributed by atoms with van der Waals surface area (Å²) in [6, 6.07) is 20.8. The third kappa shape index (κ3) is 6.61. The minimum Gasteiger partial charge on any atom is -0.484 e. The smallest absolute Gasteiger partial charge is 0.258 e. The molecule has 4 rings (SSSR count). The first-order chi connectivity index (χ1) is 16.9. The summed E-state index contributed by atoms with van der Waals surface area (Å²) in [5.74, 6) is 1.19. The number of nitrogens with zero attached hydrogens (tertiary/aromatic N) is 3. The van der Waals surface area contributed by atoms with E-state index in [9.17, 15) is 9.18 Å². The zero-order valence-electron chi connectivity index (χ0n) is 19.2. The molecule has 1 heterocycles. The Morgan fingerprint density at radius 2 is 1.74 bits per heavy atom. The second kappa shape index (κ2) is 11.4. The van der Waals surface area contributed by atoms with E-state index in [1.54, 1.807) is 36.4 Å². The van der Waals surface area contributed by atoms with Gasteiger partial charge in [-0.3, -0.25) is 9.36 Å². The van der Waals surface area contributed by atoms with E-state index in [-0.39, 0.29) is 18.3 Å². The number of nitrogens with one attached hydrogen (secondary N) is 1. The lowest BCUT2D eigenvalue weighted by Crippen LogP contribution is -2.32. The molecule has 0 saturated carbocycles. The van der Waals surface area contributed by atoms with Gasteiger partial charge in [0.05, 0.1) is 6.04 Å². The Balaban J connectivity index is 1.50. The molecule has 0 aliphatic heterocycles. The zero-order chi connectivity index (χ0) is 24.8. The van der Waals surface area contributed by atoms with Crippen LogP contribution in [0.5, 0.6) is 5.75 Å². The molecular weight excluding hydrogens is 487 g/mol. The highest BCUT2D eigenvalue weighted by atomic mass is 35.5. The van der Waals surface area contributed by atoms with Gasteiger partial charge in [0.15, 0.2) is 17.6 Å². The Hall–Kier alpha value is -3.36. The van der Waals surface area contributed by atoms with E-state index in [0.717, 1.165) is 16.8 Å². The van der Waals surface area contributed by atoms with E-state index in [1.165, 1.54) is 23.9 Å². The Morgan fingerprint density at radius 1 is 1.06 bits per heavy atom. The summed E-state index contributed by atoms with van der Waals surface area (Å²) >= 11 is 7.37. The maximum Gasteiger partial charge on any atom is 0.258 e. The molecule has 1 aromatic heterocycles. The van der Waals surface area contributed by atoms with Crippen LogP contribution in [0.25, 0.3) is 5.69 Å². The van der Waals surface area contributed by atoms with Crippen molar-refractivity contribution in [3.05, 3.63) is 101 Å². The molecule has 0 aliphatic carbocycles.